The van der Waals surface area contributed by atoms with Crippen molar-refractivity contribution in [2.75, 3.05) is 32.3 Å². The van der Waals surface area contributed by atoms with Crippen molar-refractivity contribution >= 4 is 63.3 Å². The van der Waals surface area contributed by atoms with Crippen LogP contribution in [0.1, 0.15) is 4.88 Å². The van der Waals surface area contributed by atoms with Crippen LogP contribution in [0.15, 0.2) is 51.8 Å². The van der Waals surface area contributed by atoms with E-state index in [4.69, 9.17) is 4.74 Å². The van der Waals surface area contributed by atoms with Crippen LogP contribution in [0.2, 0.25) is 0 Å². The number of benzene rings is 1. The van der Waals surface area contributed by atoms with Crippen molar-refractivity contribution in [3.05, 3.63) is 46.7 Å². The molecular formula is C21H20N5O4S2+. The summed E-state index contributed by atoms with van der Waals surface area (Å²) in [5.74, 6) is -0.115. The molecule has 2 aromatic rings. The van der Waals surface area contributed by atoms with Crippen molar-refractivity contribution in [2.24, 2.45) is 15.9 Å². The van der Waals surface area contributed by atoms with Gasteiger partial charge in [-0.15, -0.1) is 11.3 Å². The summed E-state index contributed by atoms with van der Waals surface area (Å²) in [4.78, 5) is 48.9. The zero-order chi connectivity index (χ0) is 22.8. The first-order valence-electron chi connectivity index (χ1n) is 9.59. The third-order valence-corrected chi connectivity index (χ3v) is 6.78. The lowest BCUT2D eigenvalue weighted by atomic mass is 10.0. The molecule has 32 heavy (non-hydrogen) atoms. The van der Waals surface area contributed by atoms with Gasteiger partial charge in [-0.2, -0.15) is 9.48 Å². The van der Waals surface area contributed by atoms with Gasteiger partial charge < -0.3 is 10.1 Å². The van der Waals surface area contributed by atoms with Crippen molar-refractivity contribution < 1.29 is 23.7 Å². The third-order valence-electron chi connectivity index (χ3n) is 4.88. The highest BCUT2D eigenvalue weighted by Crippen LogP contribution is 2.27. The van der Waals surface area contributed by atoms with Crippen LogP contribution in [0.3, 0.4) is 0 Å². The van der Waals surface area contributed by atoms with Gasteiger partial charge in [0.1, 0.15) is 10.8 Å². The molecule has 1 atom stereocenters. The largest absolute Gasteiger partial charge is 0.497 e. The summed E-state index contributed by atoms with van der Waals surface area (Å²) in [7, 11) is 4.55. The summed E-state index contributed by atoms with van der Waals surface area (Å²) in [5.41, 5.74) is 0.604. The van der Waals surface area contributed by atoms with Gasteiger partial charge in [0.25, 0.3) is 5.84 Å². The number of carbonyl (C=O) groups is 3. The Morgan fingerprint density at radius 1 is 1.28 bits per heavy atom. The van der Waals surface area contributed by atoms with Crippen LogP contribution in [0, 0.1) is 5.92 Å². The van der Waals surface area contributed by atoms with Crippen molar-refractivity contribution in [1.82, 2.24) is 4.90 Å². The molecule has 0 spiro atoms. The second-order valence-electron chi connectivity index (χ2n) is 6.96. The molecule has 4 rings (SSSR count). The van der Waals surface area contributed by atoms with Gasteiger partial charge in [0.05, 0.1) is 31.8 Å². The fraction of sp³-hybridized carbons (Fsp3) is 0.238. The van der Waals surface area contributed by atoms with Gasteiger partial charge in [-0.1, -0.05) is 28.9 Å². The molecule has 1 aromatic carbocycles. The van der Waals surface area contributed by atoms with Gasteiger partial charge in [0, 0.05) is 11.8 Å². The van der Waals surface area contributed by atoms with Crippen LogP contribution in [0.25, 0.3) is 0 Å². The highest BCUT2D eigenvalue weighted by atomic mass is 32.2. The minimum atomic E-state index is -0.832. The number of anilines is 1. The van der Waals surface area contributed by atoms with Crippen LogP contribution in [0.5, 0.6) is 5.75 Å². The molecule has 9 nitrogen and oxygen atoms in total. The number of imide groups is 1. The van der Waals surface area contributed by atoms with E-state index in [-0.39, 0.29) is 11.7 Å². The fourth-order valence-corrected chi connectivity index (χ4v) is 4.77. The maximum absolute atomic E-state index is 12.9. The van der Waals surface area contributed by atoms with Crippen molar-refractivity contribution in [3.8, 4) is 5.75 Å². The van der Waals surface area contributed by atoms with E-state index in [9.17, 15) is 14.4 Å². The van der Waals surface area contributed by atoms with Crippen LogP contribution >= 0.6 is 23.1 Å². The zero-order valence-corrected chi connectivity index (χ0v) is 19.2. The van der Waals surface area contributed by atoms with Crippen LogP contribution in [-0.2, 0) is 9.59 Å². The van der Waals surface area contributed by atoms with Gasteiger partial charge in [-0.05, 0) is 23.6 Å². The molecule has 164 valence electrons. The number of ether oxygens (including phenoxy) is 1. The number of thiophene rings is 1. The molecule has 0 aliphatic carbocycles. The van der Waals surface area contributed by atoms with E-state index in [1.807, 2.05) is 17.5 Å². The third kappa shape index (κ3) is 4.21. The standard InChI is InChI=1S/C21H19N5O4S2/c1-25-18-16(20(28)26(2)21(25)29)19(24-17(23-18)14-8-5-9-31-14)32-11-15(27)22-12-6-4-7-13(10-12)30-3/h4-10,16H,11H2,1-3H3/p+1. The smallest absolute Gasteiger partial charge is 0.445 e. The molecular weight excluding hydrogens is 450 g/mol. The Kier molecular flexibility index (Phi) is 6.19. The van der Waals surface area contributed by atoms with Crippen molar-refractivity contribution in [1.29, 1.82) is 0 Å². The Labute approximate surface area is 192 Å². The van der Waals surface area contributed by atoms with E-state index >= 15 is 0 Å². The van der Waals surface area contributed by atoms with Crippen molar-refractivity contribution in [2.45, 2.75) is 0 Å². The molecule has 0 fully saturated rings. The Hall–Kier alpha value is -3.31. The van der Waals surface area contributed by atoms with Gasteiger partial charge in [0.15, 0.2) is 5.92 Å². The average Bonchev–Trinajstić information content (AvgIpc) is 3.34. The number of rotatable bonds is 5. The van der Waals surface area contributed by atoms with E-state index in [0.29, 0.717) is 28.2 Å². The molecule has 11 heteroatoms. The summed E-state index contributed by atoms with van der Waals surface area (Å²) in [6, 6.07) is 10.3. The first-order valence-corrected chi connectivity index (χ1v) is 11.5. The van der Waals surface area contributed by atoms with Crippen LogP contribution in [-0.4, -0.2) is 71.0 Å². The molecule has 1 aromatic heterocycles. The monoisotopic (exact) mass is 470 g/mol. The number of amidine groups is 2. The molecule has 0 saturated carbocycles. The number of urea groups is 1. The maximum atomic E-state index is 12.9. The molecule has 0 radical (unpaired) electrons. The minimum Gasteiger partial charge on any atom is -0.497 e. The van der Waals surface area contributed by atoms with Crippen molar-refractivity contribution in [3.63, 3.8) is 0 Å². The predicted octanol–water partition coefficient (Wildman–Crippen LogP) is 2.54. The molecule has 2 aliphatic heterocycles. The summed E-state index contributed by atoms with van der Waals surface area (Å²) in [5, 5.41) is 5.14. The second kappa shape index (κ2) is 9.05. The molecule has 4 amide bonds. The number of hydrogen-bond donors (Lipinski definition) is 1. The Morgan fingerprint density at radius 3 is 2.81 bits per heavy atom. The number of carbonyl (C=O) groups excluding carboxylic acids is 3. The van der Waals surface area contributed by atoms with Gasteiger partial charge in [-0.25, -0.2) is 9.79 Å². The Morgan fingerprint density at radius 2 is 2.09 bits per heavy atom. The number of thioether (sulfide) groups is 1. The number of nitrogens with one attached hydrogen (secondary N) is 1. The highest BCUT2D eigenvalue weighted by molar-refractivity contribution is 8.14. The van der Waals surface area contributed by atoms with E-state index < -0.39 is 17.9 Å². The van der Waals surface area contributed by atoms with Gasteiger partial charge in [-0.3, -0.25) is 9.59 Å². The van der Waals surface area contributed by atoms with E-state index in [0.717, 1.165) is 21.5 Å². The van der Waals surface area contributed by atoms with E-state index in [1.54, 1.807) is 38.4 Å². The topological polar surface area (TPSA) is 103 Å². The van der Waals surface area contributed by atoms with E-state index in [2.05, 4.69) is 15.3 Å². The lowest BCUT2D eigenvalue weighted by Crippen LogP contribution is -2.54. The molecule has 1 N–H and O–H groups in total. The number of nitrogens with zero attached hydrogens (tertiary/aromatic N) is 4. The summed E-state index contributed by atoms with van der Waals surface area (Å²) in [6.45, 7) is 0. The summed E-state index contributed by atoms with van der Waals surface area (Å²) < 4.78 is 6.53. The average molecular weight is 471 g/mol. The predicted molar refractivity (Wildman–Crippen MR) is 125 cm³/mol. The Bertz CT molecular complexity index is 1190. The second-order valence-corrected chi connectivity index (χ2v) is 8.90. The molecule has 0 bridgehead atoms. The van der Waals surface area contributed by atoms with Gasteiger partial charge in [0.2, 0.25) is 11.7 Å². The molecule has 3 heterocycles. The summed E-state index contributed by atoms with van der Waals surface area (Å²) >= 11 is 2.61. The normalized spacial score (nSPS) is 18.2. The first kappa shape index (κ1) is 21.9. The summed E-state index contributed by atoms with van der Waals surface area (Å²) in [6.07, 6.45) is 0. The van der Waals surface area contributed by atoms with E-state index in [1.165, 1.54) is 23.0 Å². The highest BCUT2D eigenvalue weighted by Gasteiger charge is 2.49. The minimum absolute atomic E-state index is 0.0339. The number of fused-ring (bicyclic) bond motifs is 1. The number of aliphatic imine (C=N–C) groups is 2. The van der Waals surface area contributed by atoms with Crippen LogP contribution in [0.4, 0.5) is 10.5 Å². The molecule has 2 aliphatic rings. The SMILES string of the molecule is COc1cccc(NC(=O)CSC2=NC(c3cccs3)=NC3=[N+](C)C(=O)N(C)C(=O)C23)c1. The molecule has 0 saturated heterocycles. The lowest BCUT2D eigenvalue weighted by Gasteiger charge is -2.26. The first-order chi connectivity index (χ1) is 15.4. The lowest BCUT2D eigenvalue weighted by molar-refractivity contribution is -0.407. The zero-order valence-electron chi connectivity index (χ0n) is 17.6. The number of methoxy groups -OCH3 is 1. The maximum Gasteiger partial charge on any atom is 0.445 e. The number of hydrogen-bond acceptors (Lipinski definition) is 8. The van der Waals surface area contributed by atoms with Crippen LogP contribution < -0.4 is 10.1 Å². The molecule has 1 unspecified atom stereocenters. The quantitative estimate of drug-likeness (QED) is 0.677. The van der Waals surface area contributed by atoms with Gasteiger partial charge >= 0.3 is 11.9 Å². The fourth-order valence-electron chi connectivity index (χ4n) is 3.24. The number of amides is 4. The Balaban J connectivity index is 1.59.